The van der Waals surface area contributed by atoms with Gasteiger partial charge >= 0.3 is 5.97 Å². The zero-order valence-corrected chi connectivity index (χ0v) is 13.5. The van der Waals surface area contributed by atoms with Crippen molar-refractivity contribution in [2.75, 3.05) is 26.1 Å². The summed E-state index contributed by atoms with van der Waals surface area (Å²) in [4.78, 5) is 23.5. The van der Waals surface area contributed by atoms with Gasteiger partial charge in [0.2, 0.25) is 0 Å². The standard InChI is InChI=1S/C17H15F2NO5/c1-23-14-6-4-11(8-15(14)24-2)20-16(21)9-25-17(22)12-7-10(18)3-5-13(12)19/h3-8H,9H2,1-2H3,(H,20,21). The van der Waals surface area contributed by atoms with Crippen molar-refractivity contribution in [3.8, 4) is 11.5 Å². The Bertz CT molecular complexity index is 795. The SMILES string of the molecule is COc1ccc(NC(=O)COC(=O)c2cc(F)ccc2F)cc1OC. The van der Waals surface area contributed by atoms with Crippen LogP contribution in [-0.2, 0) is 9.53 Å². The van der Waals surface area contributed by atoms with Crippen LogP contribution in [0.1, 0.15) is 10.4 Å². The third-order valence-electron chi connectivity index (χ3n) is 3.15. The quantitative estimate of drug-likeness (QED) is 0.810. The zero-order chi connectivity index (χ0) is 18.4. The van der Waals surface area contributed by atoms with Crippen molar-refractivity contribution in [3.05, 3.63) is 53.6 Å². The largest absolute Gasteiger partial charge is 0.493 e. The molecule has 0 saturated carbocycles. The van der Waals surface area contributed by atoms with Crippen molar-refractivity contribution >= 4 is 17.6 Å². The Kier molecular flexibility index (Phi) is 5.89. The number of carbonyl (C=O) groups excluding carboxylic acids is 2. The molecule has 0 saturated heterocycles. The van der Waals surface area contributed by atoms with E-state index in [1.165, 1.54) is 20.3 Å². The summed E-state index contributed by atoms with van der Waals surface area (Å²) in [7, 11) is 2.92. The third kappa shape index (κ3) is 4.66. The Morgan fingerprint density at radius 3 is 2.40 bits per heavy atom. The molecule has 6 nitrogen and oxygen atoms in total. The minimum atomic E-state index is -1.14. The van der Waals surface area contributed by atoms with E-state index in [4.69, 9.17) is 9.47 Å². The summed E-state index contributed by atoms with van der Waals surface area (Å²) in [6.45, 7) is -0.664. The van der Waals surface area contributed by atoms with Crippen LogP contribution >= 0.6 is 0 Å². The van der Waals surface area contributed by atoms with Crippen LogP contribution in [-0.4, -0.2) is 32.7 Å². The van der Waals surface area contributed by atoms with Crippen molar-refractivity contribution in [2.45, 2.75) is 0 Å². The van der Waals surface area contributed by atoms with Crippen molar-refractivity contribution in [1.29, 1.82) is 0 Å². The number of halogens is 2. The van der Waals surface area contributed by atoms with Crippen molar-refractivity contribution in [2.24, 2.45) is 0 Å². The summed E-state index contributed by atoms with van der Waals surface area (Å²) >= 11 is 0. The molecule has 0 bridgehead atoms. The molecule has 0 atom stereocenters. The van der Waals surface area contributed by atoms with Crippen LogP contribution in [0.2, 0.25) is 0 Å². The highest BCUT2D eigenvalue weighted by molar-refractivity contribution is 5.95. The Morgan fingerprint density at radius 2 is 1.72 bits per heavy atom. The van der Waals surface area contributed by atoms with E-state index in [1.807, 2.05) is 0 Å². The van der Waals surface area contributed by atoms with Crippen LogP contribution in [0.5, 0.6) is 11.5 Å². The molecule has 0 unspecified atom stereocenters. The topological polar surface area (TPSA) is 73.9 Å². The number of carbonyl (C=O) groups is 2. The molecule has 25 heavy (non-hydrogen) atoms. The number of hydrogen-bond acceptors (Lipinski definition) is 5. The van der Waals surface area contributed by atoms with Crippen molar-refractivity contribution < 1.29 is 32.6 Å². The summed E-state index contributed by atoms with van der Waals surface area (Å²) in [6, 6.07) is 7.04. The molecule has 0 aromatic heterocycles. The van der Waals surface area contributed by atoms with Crippen molar-refractivity contribution in [1.82, 2.24) is 0 Å². The number of hydrogen-bond donors (Lipinski definition) is 1. The Balaban J connectivity index is 1.96. The average Bonchev–Trinajstić information content (AvgIpc) is 2.61. The van der Waals surface area contributed by atoms with Gasteiger partial charge in [-0.1, -0.05) is 0 Å². The van der Waals surface area contributed by atoms with Gasteiger partial charge in [-0.05, 0) is 30.3 Å². The molecule has 8 heteroatoms. The van der Waals surface area contributed by atoms with Gasteiger partial charge in [0.1, 0.15) is 11.6 Å². The van der Waals surface area contributed by atoms with Crippen LogP contribution in [0.3, 0.4) is 0 Å². The predicted molar refractivity (Wildman–Crippen MR) is 84.8 cm³/mol. The molecule has 1 N–H and O–H groups in total. The van der Waals surface area contributed by atoms with Gasteiger partial charge in [0.25, 0.3) is 5.91 Å². The molecule has 0 aliphatic rings. The van der Waals surface area contributed by atoms with Gasteiger partial charge in [-0.25, -0.2) is 13.6 Å². The fourth-order valence-electron chi connectivity index (χ4n) is 1.97. The maximum atomic E-state index is 13.5. The number of ether oxygens (including phenoxy) is 3. The molecule has 0 aliphatic carbocycles. The lowest BCUT2D eigenvalue weighted by Crippen LogP contribution is -2.21. The molecular weight excluding hydrogens is 336 g/mol. The van der Waals surface area contributed by atoms with Gasteiger partial charge in [-0.2, -0.15) is 0 Å². The van der Waals surface area contributed by atoms with Gasteiger partial charge in [0.15, 0.2) is 18.1 Å². The highest BCUT2D eigenvalue weighted by Gasteiger charge is 2.16. The van der Waals surface area contributed by atoms with E-state index in [2.05, 4.69) is 10.1 Å². The minimum absolute atomic E-state index is 0.385. The Hall–Kier alpha value is -3.16. The van der Waals surface area contributed by atoms with Gasteiger partial charge < -0.3 is 19.5 Å². The number of nitrogens with one attached hydrogen (secondary N) is 1. The highest BCUT2D eigenvalue weighted by Crippen LogP contribution is 2.29. The van der Waals surface area contributed by atoms with Crippen LogP contribution in [0, 0.1) is 11.6 Å². The average molecular weight is 351 g/mol. The van der Waals surface area contributed by atoms with Gasteiger partial charge in [-0.15, -0.1) is 0 Å². The lowest BCUT2D eigenvalue weighted by Gasteiger charge is -2.11. The fraction of sp³-hybridized carbons (Fsp3) is 0.176. The Morgan fingerprint density at radius 1 is 1.00 bits per heavy atom. The number of benzene rings is 2. The van der Waals surface area contributed by atoms with E-state index in [-0.39, 0.29) is 0 Å². The molecule has 0 aliphatic heterocycles. The second-order valence-corrected chi connectivity index (χ2v) is 4.82. The number of methoxy groups -OCH3 is 2. The maximum Gasteiger partial charge on any atom is 0.341 e. The first kappa shape index (κ1) is 18.2. The normalized spacial score (nSPS) is 10.1. The molecular formula is C17H15F2NO5. The van der Waals surface area contributed by atoms with Crippen LogP contribution in [0.4, 0.5) is 14.5 Å². The number of esters is 1. The van der Waals surface area contributed by atoms with E-state index < -0.39 is 35.7 Å². The van der Waals surface area contributed by atoms with Gasteiger partial charge in [0, 0.05) is 11.8 Å². The smallest absolute Gasteiger partial charge is 0.341 e. The summed E-state index contributed by atoms with van der Waals surface area (Å²) in [5.74, 6) is -2.64. The summed E-state index contributed by atoms with van der Waals surface area (Å²) in [5.41, 5.74) is -0.199. The lowest BCUT2D eigenvalue weighted by molar-refractivity contribution is -0.119. The van der Waals surface area contributed by atoms with E-state index in [0.717, 1.165) is 12.1 Å². The molecule has 0 heterocycles. The van der Waals surface area contributed by atoms with Gasteiger partial charge in [0.05, 0.1) is 19.8 Å². The molecule has 0 radical (unpaired) electrons. The molecule has 0 fully saturated rings. The number of rotatable bonds is 6. The van der Waals surface area contributed by atoms with Crippen LogP contribution < -0.4 is 14.8 Å². The van der Waals surface area contributed by atoms with E-state index in [0.29, 0.717) is 23.3 Å². The third-order valence-corrected chi connectivity index (χ3v) is 3.15. The second kappa shape index (κ2) is 8.09. The molecule has 2 rings (SSSR count). The lowest BCUT2D eigenvalue weighted by atomic mass is 10.2. The van der Waals surface area contributed by atoms with E-state index in [9.17, 15) is 18.4 Å². The molecule has 1 amide bonds. The fourth-order valence-corrected chi connectivity index (χ4v) is 1.97. The number of amides is 1. The first-order valence-electron chi connectivity index (χ1n) is 7.08. The minimum Gasteiger partial charge on any atom is -0.493 e. The van der Waals surface area contributed by atoms with Gasteiger partial charge in [-0.3, -0.25) is 4.79 Å². The number of anilines is 1. The van der Waals surface area contributed by atoms with Crippen LogP contribution in [0.25, 0.3) is 0 Å². The summed E-state index contributed by atoms with van der Waals surface area (Å²) in [5, 5.41) is 2.48. The van der Waals surface area contributed by atoms with Crippen LogP contribution in [0.15, 0.2) is 36.4 Å². The zero-order valence-electron chi connectivity index (χ0n) is 13.5. The monoisotopic (exact) mass is 351 g/mol. The molecule has 2 aromatic carbocycles. The first-order valence-corrected chi connectivity index (χ1v) is 7.08. The summed E-state index contributed by atoms with van der Waals surface area (Å²) in [6.07, 6.45) is 0. The van der Waals surface area contributed by atoms with E-state index >= 15 is 0 Å². The maximum absolute atomic E-state index is 13.5. The molecule has 0 spiro atoms. The molecule has 2 aromatic rings. The molecule has 132 valence electrons. The predicted octanol–water partition coefficient (Wildman–Crippen LogP) is 2.78. The van der Waals surface area contributed by atoms with Crippen molar-refractivity contribution in [3.63, 3.8) is 0 Å². The van der Waals surface area contributed by atoms with E-state index in [1.54, 1.807) is 12.1 Å². The Labute approximate surface area is 142 Å². The highest BCUT2D eigenvalue weighted by atomic mass is 19.1. The second-order valence-electron chi connectivity index (χ2n) is 4.82. The summed E-state index contributed by atoms with van der Waals surface area (Å²) < 4.78 is 41.4. The first-order chi connectivity index (χ1) is 11.9.